The Bertz CT molecular complexity index is 1770. The summed E-state index contributed by atoms with van der Waals surface area (Å²) < 4.78 is 29.3. The first-order chi connectivity index (χ1) is 21.9. The van der Waals surface area contributed by atoms with Gasteiger partial charge in [0, 0.05) is 40.1 Å². The van der Waals surface area contributed by atoms with E-state index in [2.05, 4.69) is 5.32 Å². The SMILES string of the molecule is CCCNC(=O)C(Cc1ccccc1)N(Cc1c(Cl)cccc1Cl)C(=O)CN(c1cc(Cl)ccc1Cl)S(=O)(=O)c1ccc(C)cc1. The van der Waals surface area contributed by atoms with Crippen LogP contribution in [0.15, 0.2) is 95.9 Å². The van der Waals surface area contributed by atoms with Crippen LogP contribution in [0.2, 0.25) is 20.1 Å². The summed E-state index contributed by atoms with van der Waals surface area (Å²) in [6.07, 6.45) is 0.816. The molecule has 0 radical (unpaired) electrons. The van der Waals surface area contributed by atoms with Crippen molar-refractivity contribution >= 4 is 73.9 Å². The molecule has 0 aliphatic carbocycles. The number of nitrogens with zero attached hydrogens (tertiary/aromatic N) is 2. The maximum Gasteiger partial charge on any atom is 0.264 e. The van der Waals surface area contributed by atoms with Crippen molar-refractivity contribution < 1.29 is 18.0 Å². The van der Waals surface area contributed by atoms with Crippen LogP contribution in [0.25, 0.3) is 0 Å². The third kappa shape index (κ3) is 8.75. The van der Waals surface area contributed by atoms with Crippen molar-refractivity contribution in [3.8, 4) is 0 Å². The topological polar surface area (TPSA) is 86.8 Å². The highest BCUT2D eigenvalue weighted by molar-refractivity contribution is 7.92. The summed E-state index contributed by atoms with van der Waals surface area (Å²) in [4.78, 5) is 29.6. The van der Waals surface area contributed by atoms with Gasteiger partial charge in [0.15, 0.2) is 0 Å². The lowest BCUT2D eigenvalue weighted by Crippen LogP contribution is -2.53. The van der Waals surface area contributed by atoms with E-state index in [1.165, 1.54) is 35.2 Å². The number of hydrogen-bond acceptors (Lipinski definition) is 4. The van der Waals surface area contributed by atoms with Crippen molar-refractivity contribution in [1.29, 1.82) is 0 Å². The quantitative estimate of drug-likeness (QED) is 0.152. The van der Waals surface area contributed by atoms with Crippen LogP contribution in [0.4, 0.5) is 5.69 Å². The molecule has 0 aliphatic heterocycles. The summed E-state index contributed by atoms with van der Waals surface area (Å²) in [5, 5.41) is 3.76. The average molecular weight is 722 g/mol. The lowest BCUT2D eigenvalue weighted by molar-refractivity contribution is -0.140. The predicted octanol–water partition coefficient (Wildman–Crippen LogP) is 7.97. The van der Waals surface area contributed by atoms with E-state index in [0.717, 1.165) is 15.4 Å². The molecule has 7 nitrogen and oxygen atoms in total. The fourth-order valence-electron chi connectivity index (χ4n) is 4.80. The van der Waals surface area contributed by atoms with Crippen LogP contribution in [0.1, 0.15) is 30.0 Å². The number of nitrogens with one attached hydrogen (secondary N) is 1. The highest BCUT2D eigenvalue weighted by Gasteiger charge is 2.36. The van der Waals surface area contributed by atoms with Gasteiger partial charge in [-0.1, -0.05) is 107 Å². The Morgan fingerprint density at radius 1 is 0.826 bits per heavy atom. The minimum absolute atomic E-state index is 0.00821. The first-order valence-corrected chi connectivity index (χ1v) is 17.5. The highest BCUT2D eigenvalue weighted by Crippen LogP contribution is 2.34. The van der Waals surface area contributed by atoms with E-state index >= 15 is 0 Å². The monoisotopic (exact) mass is 719 g/mol. The molecule has 0 heterocycles. The van der Waals surface area contributed by atoms with Gasteiger partial charge in [0.1, 0.15) is 12.6 Å². The van der Waals surface area contributed by atoms with Crippen molar-refractivity contribution in [3.63, 3.8) is 0 Å². The number of anilines is 1. The molecule has 4 rings (SSSR count). The smallest absolute Gasteiger partial charge is 0.264 e. The molecule has 242 valence electrons. The number of hydrogen-bond donors (Lipinski definition) is 1. The lowest BCUT2D eigenvalue weighted by Gasteiger charge is -2.34. The second-order valence-electron chi connectivity index (χ2n) is 10.6. The molecule has 0 saturated heterocycles. The van der Waals surface area contributed by atoms with E-state index in [0.29, 0.717) is 28.6 Å². The standard InChI is InChI=1S/C34H33Cl4N3O4S/c1-3-18-39-34(43)32(19-24-8-5-4-6-9-24)40(21-27-28(36)10-7-11-29(27)37)33(42)22-41(31-20-25(35)14-17-30(31)38)46(44,45)26-15-12-23(2)13-16-26/h4-17,20,32H,3,18-19,21-22H2,1-2H3,(H,39,43). The molecule has 46 heavy (non-hydrogen) atoms. The molecular formula is C34H33Cl4N3O4S. The Morgan fingerprint density at radius 2 is 1.48 bits per heavy atom. The zero-order valence-electron chi connectivity index (χ0n) is 25.2. The van der Waals surface area contributed by atoms with Crippen LogP contribution in [-0.2, 0) is 32.6 Å². The number of halogens is 4. The van der Waals surface area contributed by atoms with Crippen LogP contribution in [0.5, 0.6) is 0 Å². The number of carbonyl (C=O) groups is 2. The Kier molecular flexibility index (Phi) is 12.4. The maximum absolute atomic E-state index is 14.6. The predicted molar refractivity (Wildman–Crippen MR) is 186 cm³/mol. The van der Waals surface area contributed by atoms with Crippen molar-refractivity contribution in [2.24, 2.45) is 0 Å². The Labute approximate surface area is 290 Å². The fourth-order valence-corrected chi connectivity index (χ4v) is 7.18. The van der Waals surface area contributed by atoms with Crippen LogP contribution in [0, 0.1) is 6.92 Å². The Balaban J connectivity index is 1.86. The zero-order valence-corrected chi connectivity index (χ0v) is 29.1. The molecule has 0 aromatic heterocycles. The maximum atomic E-state index is 14.6. The average Bonchev–Trinajstić information content (AvgIpc) is 3.03. The summed E-state index contributed by atoms with van der Waals surface area (Å²) in [5.41, 5.74) is 2.07. The summed E-state index contributed by atoms with van der Waals surface area (Å²) in [5.74, 6) is -1.09. The molecule has 1 N–H and O–H groups in total. The fraction of sp³-hybridized carbons (Fsp3) is 0.235. The molecule has 0 spiro atoms. The summed E-state index contributed by atoms with van der Waals surface area (Å²) in [6, 6.07) is 23.7. The molecule has 1 atom stereocenters. The third-order valence-electron chi connectivity index (χ3n) is 7.28. The molecule has 4 aromatic rings. The number of rotatable bonds is 13. The molecule has 0 bridgehead atoms. The van der Waals surface area contributed by atoms with Crippen molar-refractivity contribution in [2.75, 3.05) is 17.4 Å². The Morgan fingerprint density at radius 3 is 2.11 bits per heavy atom. The molecular weight excluding hydrogens is 688 g/mol. The largest absolute Gasteiger partial charge is 0.354 e. The van der Waals surface area contributed by atoms with Gasteiger partial charge in [-0.15, -0.1) is 0 Å². The molecule has 1 unspecified atom stereocenters. The second kappa shape index (κ2) is 16.0. The van der Waals surface area contributed by atoms with Crippen LogP contribution >= 0.6 is 46.4 Å². The van der Waals surface area contributed by atoms with E-state index in [4.69, 9.17) is 46.4 Å². The van der Waals surface area contributed by atoms with Crippen LogP contribution < -0.4 is 9.62 Å². The van der Waals surface area contributed by atoms with Gasteiger partial charge < -0.3 is 10.2 Å². The molecule has 2 amide bonds. The summed E-state index contributed by atoms with van der Waals surface area (Å²) in [6.45, 7) is 3.26. The summed E-state index contributed by atoms with van der Waals surface area (Å²) >= 11 is 25.9. The molecule has 12 heteroatoms. The Hall–Kier alpha value is -3.27. The van der Waals surface area contributed by atoms with E-state index in [-0.39, 0.29) is 33.6 Å². The van der Waals surface area contributed by atoms with Gasteiger partial charge in [0.05, 0.1) is 15.6 Å². The minimum atomic E-state index is -4.36. The molecule has 0 saturated carbocycles. The van der Waals surface area contributed by atoms with Crippen molar-refractivity contribution in [1.82, 2.24) is 10.2 Å². The van der Waals surface area contributed by atoms with Gasteiger partial charge >= 0.3 is 0 Å². The third-order valence-corrected chi connectivity index (χ3v) is 10.3. The second-order valence-corrected chi connectivity index (χ2v) is 14.2. The summed E-state index contributed by atoms with van der Waals surface area (Å²) in [7, 11) is -4.36. The first kappa shape index (κ1) is 35.6. The lowest BCUT2D eigenvalue weighted by atomic mass is 10.0. The van der Waals surface area contributed by atoms with Crippen molar-refractivity contribution in [2.45, 2.75) is 44.2 Å². The number of aryl methyl sites for hydroxylation is 1. The van der Waals surface area contributed by atoms with Gasteiger partial charge in [-0.3, -0.25) is 13.9 Å². The molecule has 4 aromatic carbocycles. The van der Waals surface area contributed by atoms with Crippen molar-refractivity contribution in [3.05, 3.63) is 128 Å². The van der Waals surface area contributed by atoms with Crippen LogP contribution in [0.3, 0.4) is 0 Å². The molecule has 0 aliphatic rings. The van der Waals surface area contributed by atoms with Gasteiger partial charge in [-0.2, -0.15) is 0 Å². The normalized spacial score (nSPS) is 12.0. The number of carbonyl (C=O) groups excluding carboxylic acids is 2. The number of sulfonamides is 1. The van der Waals surface area contributed by atoms with E-state index in [1.54, 1.807) is 30.3 Å². The van der Waals surface area contributed by atoms with E-state index < -0.39 is 34.4 Å². The molecule has 0 fully saturated rings. The van der Waals surface area contributed by atoms with E-state index in [1.807, 2.05) is 44.2 Å². The van der Waals surface area contributed by atoms with Gasteiger partial charge in [0.2, 0.25) is 11.8 Å². The van der Waals surface area contributed by atoms with Gasteiger partial charge in [-0.05, 0) is 61.4 Å². The highest BCUT2D eigenvalue weighted by atomic mass is 35.5. The van der Waals surface area contributed by atoms with Gasteiger partial charge in [-0.25, -0.2) is 8.42 Å². The van der Waals surface area contributed by atoms with E-state index in [9.17, 15) is 18.0 Å². The number of amides is 2. The van der Waals surface area contributed by atoms with Crippen LogP contribution in [-0.4, -0.2) is 44.3 Å². The zero-order chi connectivity index (χ0) is 33.4. The first-order valence-electron chi connectivity index (χ1n) is 14.5. The minimum Gasteiger partial charge on any atom is -0.354 e. The number of benzene rings is 4. The van der Waals surface area contributed by atoms with Gasteiger partial charge in [0.25, 0.3) is 10.0 Å².